The molecule has 0 amide bonds. The molecule has 0 rings (SSSR count). The number of hydrogen-bond acceptors (Lipinski definition) is 10. The molecule has 72 heavy (non-hydrogen) atoms. The summed E-state index contributed by atoms with van der Waals surface area (Å²) in [6.07, 6.45) is 62.2. The van der Waals surface area contributed by atoms with Gasteiger partial charge in [-0.3, -0.25) is 23.4 Å². The number of carbonyl (C=O) groups excluding carboxylic acids is 3. The quantitative estimate of drug-likeness (QED) is 0.0197. The molecule has 412 valence electrons. The normalized spacial score (nSPS) is 14.1. The van der Waals surface area contributed by atoms with Gasteiger partial charge in [-0.2, -0.15) is 0 Å². The zero-order chi connectivity index (χ0) is 52.7. The molecule has 0 aliphatic carbocycles. The first-order chi connectivity index (χ1) is 35.2. The van der Waals surface area contributed by atoms with E-state index in [-0.39, 0.29) is 25.9 Å². The molecule has 0 fully saturated rings. The third kappa shape index (κ3) is 51.3. The van der Waals surface area contributed by atoms with E-state index in [1.54, 1.807) is 0 Å². The smallest absolute Gasteiger partial charge is 0.462 e. The van der Waals surface area contributed by atoms with Crippen LogP contribution in [0.15, 0.2) is 97.2 Å². The molecular formula is C60H101O11P. The van der Waals surface area contributed by atoms with Crippen molar-refractivity contribution < 1.29 is 52.2 Å². The van der Waals surface area contributed by atoms with Crippen LogP contribution in [0.25, 0.3) is 0 Å². The second-order valence-electron chi connectivity index (χ2n) is 18.3. The number of phosphoric acid groups is 1. The highest BCUT2D eigenvalue weighted by Crippen LogP contribution is 2.43. The zero-order valence-electron chi connectivity index (χ0n) is 45.4. The molecule has 11 nitrogen and oxygen atoms in total. The summed E-state index contributed by atoms with van der Waals surface area (Å²) in [6, 6.07) is 0. The van der Waals surface area contributed by atoms with Crippen molar-refractivity contribution in [3.05, 3.63) is 97.2 Å². The Labute approximate surface area is 438 Å². The predicted molar refractivity (Wildman–Crippen MR) is 297 cm³/mol. The number of aliphatic hydroxyl groups is 1. The average molecular weight is 1030 g/mol. The topological polar surface area (TPSA) is 155 Å². The Morgan fingerprint density at radius 3 is 1.11 bits per heavy atom. The third-order valence-corrected chi connectivity index (χ3v) is 12.5. The number of rotatable bonds is 51. The molecule has 0 bridgehead atoms. The number of allylic oxidation sites excluding steroid dienone is 16. The summed E-state index contributed by atoms with van der Waals surface area (Å²) in [5, 5.41) is 9.79. The first-order valence-corrected chi connectivity index (χ1v) is 29.6. The van der Waals surface area contributed by atoms with E-state index in [9.17, 15) is 28.9 Å². The van der Waals surface area contributed by atoms with Gasteiger partial charge in [0.2, 0.25) is 0 Å². The highest BCUT2D eigenvalue weighted by molar-refractivity contribution is 7.47. The minimum absolute atomic E-state index is 0.130. The van der Waals surface area contributed by atoms with Crippen molar-refractivity contribution in [1.82, 2.24) is 0 Å². The fraction of sp³-hybridized carbons (Fsp3) is 0.683. The SMILES string of the molecule is CC/C=C\C/C=C\C/C=C\C/C=C\CCCCCCC(=O)OCC(COP(=O)(O)OCC(CO)OC(=O)CCCCCCCCCCCCC)OC(=O)CCCCCC/C=C\C/C=C\C/C=C\C/C=C\CC. The van der Waals surface area contributed by atoms with Crippen molar-refractivity contribution in [3.63, 3.8) is 0 Å². The maximum Gasteiger partial charge on any atom is 0.472 e. The van der Waals surface area contributed by atoms with Crippen LogP contribution in [0.5, 0.6) is 0 Å². The van der Waals surface area contributed by atoms with E-state index >= 15 is 0 Å². The lowest BCUT2D eigenvalue weighted by Crippen LogP contribution is -2.30. The van der Waals surface area contributed by atoms with Gasteiger partial charge in [0.15, 0.2) is 6.10 Å². The van der Waals surface area contributed by atoms with Crippen LogP contribution in [0.3, 0.4) is 0 Å². The molecule has 2 N–H and O–H groups in total. The van der Waals surface area contributed by atoms with Crippen molar-refractivity contribution in [1.29, 1.82) is 0 Å². The van der Waals surface area contributed by atoms with Crippen LogP contribution in [0, 0.1) is 0 Å². The second-order valence-corrected chi connectivity index (χ2v) is 19.8. The maximum absolute atomic E-state index is 12.9. The van der Waals surface area contributed by atoms with E-state index < -0.39 is 57.8 Å². The number of unbranched alkanes of at least 4 members (excludes halogenated alkanes) is 18. The monoisotopic (exact) mass is 1030 g/mol. The van der Waals surface area contributed by atoms with Crippen molar-refractivity contribution in [2.45, 2.75) is 238 Å². The van der Waals surface area contributed by atoms with E-state index in [1.807, 2.05) is 0 Å². The van der Waals surface area contributed by atoms with Crippen LogP contribution in [0.4, 0.5) is 0 Å². The molecule has 3 unspecified atom stereocenters. The van der Waals surface area contributed by atoms with Crippen molar-refractivity contribution in [3.8, 4) is 0 Å². The standard InChI is InChI=1S/C60H101O11P/c1-4-7-10-13-16-19-22-24-26-28-30-32-35-37-40-43-46-49-58(62)67-53-57(71-60(64)51-48-45-42-39-36-33-31-29-27-25-23-20-17-14-11-8-5-2)55-69-72(65,66)68-54-56(52-61)70-59(63)50-47-44-41-38-34-21-18-15-12-9-6-3/h7-8,10-11,16-17,19-20,24-27,30-33,56-57,61H,4-6,9,12-15,18,21-23,28-29,34-55H2,1-3H3,(H,65,66)/b10-7-,11-8-,19-16-,20-17-,26-24-,27-25-,32-30-,33-31-. The highest BCUT2D eigenvalue weighted by Gasteiger charge is 2.28. The van der Waals surface area contributed by atoms with Gasteiger partial charge in [-0.25, -0.2) is 4.57 Å². The molecule has 3 atom stereocenters. The zero-order valence-corrected chi connectivity index (χ0v) is 46.3. The lowest BCUT2D eigenvalue weighted by Gasteiger charge is -2.21. The Kier molecular flexibility index (Phi) is 51.0. The number of aliphatic hydroxyl groups excluding tert-OH is 1. The Bertz CT molecular complexity index is 1580. The van der Waals surface area contributed by atoms with E-state index in [4.69, 9.17) is 23.3 Å². The minimum Gasteiger partial charge on any atom is -0.462 e. The molecule has 0 saturated heterocycles. The number of esters is 3. The number of carbonyl (C=O) groups is 3. The molecule has 0 spiro atoms. The van der Waals surface area contributed by atoms with Gasteiger partial charge in [0.05, 0.1) is 19.8 Å². The van der Waals surface area contributed by atoms with Crippen LogP contribution in [-0.4, -0.2) is 66.5 Å². The van der Waals surface area contributed by atoms with Crippen LogP contribution >= 0.6 is 7.82 Å². The first kappa shape index (κ1) is 68.4. The van der Waals surface area contributed by atoms with Gasteiger partial charge >= 0.3 is 25.7 Å². The Morgan fingerprint density at radius 1 is 0.403 bits per heavy atom. The summed E-state index contributed by atoms with van der Waals surface area (Å²) in [6.45, 7) is 4.34. The summed E-state index contributed by atoms with van der Waals surface area (Å²) in [5.41, 5.74) is 0. The van der Waals surface area contributed by atoms with E-state index in [2.05, 4.69) is 118 Å². The molecule has 12 heteroatoms. The number of ether oxygens (including phenoxy) is 3. The average Bonchev–Trinajstić information content (AvgIpc) is 3.37. The minimum atomic E-state index is -4.76. The van der Waals surface area contributed by atoms with Crippen molar-refractivity contribution >= 4 is 25.7 Å². The van der Waals surface area contributed by atoms with Crippen LogP contribution in [-0.2, 0) is 42.2 Å². The van der Waals surface area contributed by atoms with Gasteiger partial charge in [-0.15, -0.1) is 0 Å². The molecule has 0 aromatic rings. The summed E-state index contributed by atoms with van der Waals surface area (Å²) in [5.74, 6) is -1.53. The van der Waals surface area contributed by atoms with Gasteiger partial charge in [0.25, 0.3) is 0 Å². The molecule has 0 heterocycles. The van der Waals surface area contributed by atoms with Gasteiger partial charge in [-0.1, -0.05) is 208 Å². The van der Waals surface area contributed by atoms with E-state index in [0.29, 0.717) is 19.3 Å². The summed E-state index contributed by atoms with van der Waals surface area (Å²) in [7, 11) is -4.76. The largest absolute Gasteiger partial charge is 0.472 e. The molecule has 0 aliphatic heterocycles. The van der Waals surface area contributed by atoms with Gasteiger partial charge in [0.1, 0.15) is 12.7 Å². The molecular weight excluding hydrogens is 928 g/mol. The van der Waals surface area contributed by atoms with Crippen molar-refractivity contribution in [2.24, 2.45) is 0 Å². The Morgan fingerprint density at radius 2 is 0.722 bits per heavy atom. The van der Waals surface area contributed by atoms with Crippen LogP contribution < -0.4 is 0 Å². The van der Waals surface area contributed by atoms with E-state index in [1.165, 1.54) is 44.9 Å². The number of hydrogen-bond donors (Lipinski definition) is 2. The number of phosphoric ester groups is 1. The maximum atomic E-state index is 12.9. The van der Waals surface area contributed by atoms with Crippen molar-refractivity contribution in [2.75, 3.05) is 26.4 Å². The first-order valence-electron chi connectivity index (χ1n) is 28.1. The lowest BCUT2D eigenvalue weighted by molar-refractivity contribution is -0.161. The fourth-order valence-corrected chi connectivity index (χ4v) is 8.06. The van der Waals surface area contributed by atoms with Gasteiger partial charge in [-0.05, 0) is 96.3 Å². The molecule has 0 aromatic carbocycles. The molecule has 0 saturated carbocycles. The van der Waals surface area contributed by atoms with Crippen LogP contribution in [0.2, 0.25) is 0 Å². The highest BCUT2D eigenvalue weighted by atomic mass is 31.2. The lowest BCUT2D eigenvalue weighted by atomic mass is 10.1. The van der Waals surface area contributed by atoms with Crippen LogP contribution in [0.1, 0.15) is 226 Å². The summed E-state index contributed by atoms with van der Waals surface area (Å²) < 4.78 is 39.4. The summed E-state index contributed by atoms with van der Waals surface area (Å²) in [4.78, 5) is 48.5. The fourth-order valence-electron chi connectivity index (χ4n) is 7.28. The molecule has 0 radical (unpaired) electrons. The third-order valence-electron chi connectivity index (χ3n) is 11.5. The summed E-state index contributed by atoms with van der Waals surface area (Å²) >= 11 is 0. The molecule has 0 aliphatic rings. The van der Waals surface area contributed by atoms with E-state index in [0.717, 1.165) is 122 Å². The second kappa shape index (κ2) is 53.7. The molecule has 0 aromatic heterocycles. The van der Waals surface area contributed by atoms with Gasteiger partial charge in [0, 0.05) is 19.3 Å². The predicted octanol–water partition coefficient (Wildman–Crippen LogP) is 16.5. The Hall–Kier alpha value is -3.60. The Balaban J connectivity index is 4.83. The van der Waals surface area contributed by atoms with Gasteiger partial charge < -0.3 is 24.2 Å².